The van der Waals surface area contributed by atoms with E-state index in [4.69, 9.17) is 9.47 Å². The van der Waals surface area contributed by atoms with Crippen molar-refractivity contribution in [1.82, 2.24) is 14.9 Å². The molecular formula is C24H34N6O2. The average molecular weight is 439 g/mol. The van der Waals surface area contributed by atoms with Crippen LogP contribution in [0, 0.1) is 13.8 Å². The van der Waals surface area contributed by atoms with Crippen molar-refractivity contribution in [3.05, 3.63) is 41.1 Å². The number of hydrogen-bond acceptors (Lipinski definition) is 8. The van der Waals surface area contributed by atoms with Crippen LogP contribution in [0.25, 0.3) is 0 Å². The molecule has 32 heavy (non-hydrogen) atoms. The van der Waals surface area contributed by atoms with Gasteiger partial charge in [-0.1, -0.05) is 12.5 Å². The molecule has 0 spiro atoms. The molecule has 2 aliphatic rings. The first-order chi connectivity index (χ1) is 15.7. The Morgan fingerprint density at radius 2 is 1.84 bits per heavy atom. The van der Waals surface area contributed by atoms with Crippen LogP contribution in [0.2, 0.25) is 0 Å². The Balaban J connectivity index is 1.44. The number of hydrogen-bond donors (Lipinski definition) is 1. The Hall–Kier alpha value is -2.71. The number of anilines is 2. The number of benzene rings is 1. The van der Waals surface area contributed by atoms with Gasteiger partial charge in [0.1, 0.15) is 12.4 Å². The van der Waals surface area contributed by atoms with Crippen LogP contribution in [0.4, 0.5) is 11.5 Å². The zero-order valence-electron chi connectivity index (χ0n) is 19.2. The molecule has 2 aliphatic heterocycles. The largest absolute Gasteiger partial charge is 0.462 e. The summed E-state index contributed by atoms with van der Waals surface area (Å²) in [6.45, 7) is 11.0. The van der Waals surface area contributed by atoms with Gasteiger partial charge < -0.3 is 14.4 Å². The van der Waals surface area contributed by atoms with E-state index in [-0.39, 0.29) is 0 Å². The molecule has 0 unspecified atom stereocenters. The van der Waals surface area contributed by atoms with Gasteiger partial charge in [-0.15, -0.1) is 0 Å². The fraction of sp³-hybridized carbons (Fsp3) is 0.542. The van der Waals surface area contributed by atoms with Crippen molar-refractivity contribution >= 4 is 17.7 Å². The smallest absolute Gasteiger partial charge is 0.319 e. The summed E-state index contributed by atoms with van der Waals surface area (Å²) in [5.41, 5.74) is 7.25. The van der Waals surface area contributed by atoms with E-state index in [1.54, 1.807) is 6.21 Å². The van der Waals surface area contributed by atoms with E-state index in [2.05, 4.69) is 56.3 Å². The first-order valence-electron chi connectivity index (χ1n) is 11.6. The molecule has 1 N–H and O–H groups in total. The monoisotopic (exact) mass is 438 g/mol. The second kappa shape index (κ2) is 11.2. The minimum atomic E-state index is 0.402. The minimum absolute atomic E-state index is 0.402. The molecule has 3 heterocycles. The van der Waals surface area contributed by atoms with E-state index in [9.17, 15) is 0 Å². The van der Waals surface area contributed by atoms with Crippen LogP contribution in [-0.2, 0) is 4.74 Å². The van der Waals surface area contributed by atoms with Gasteiger partial charge in [0.25, 0.3) is 0 Å². The predicted octanol–water partition coefficient (Wildman–Crippen LogP) is 3.24. The van der Waals surface area contributed by atoms with E-state index in [0.29, 0.717) is 31.5 Å². The SMILES string of the molecule is Cc1ccc(NN=Cc2cc(N3CCOCC3)nc(OCCN3CCCCC3)n2)cc1C. The fourth-order valence-corrected chi connectivity index (χ4v) is 3.95. The molecule has 2 fully saturated rings. The molecule has 8 heteroatoms. The molecule has 0 saturated carbocycles. The van der Waals surface area contributed by atoms with Gasteiger partial charge in [-0.2, -0.15) is 15.1 Å². The quantitative estimate of drug-likeness (QED) is 0.501. The van der Waals surface area contributed by atoms with Gasteiger partial charge in [0.15, 0.2) is 0 Å². The molecule has 1 aromatic carbocycles. The number of aryl methyl sites for hydroxylation is 2. The highest BCUT2D eigenvalue weighted by molar-refractivity contribution is 5.79. The summed E-state index contributed by atoms with van der Waals surface area (Å²) < 4.78 is 11.5. The van der Waals surface area contributed by atoms with Crippen LogP contribution < -0.4 is 15.1 Å². The van der Waals surface area contributed by atoms with Crippen molar-refractivity contribution in [1.29, 1.82) is 0 Å². The van der Waals surface area contributed by atoms with Crippen LogP contribution in [-0.4, -0.2) is 73.6 Å². The summed E-state index contributed by atoms with van der Waals surface area (Å²) >= 11 is 0. The number of rotatable bonds is 8. The highest BCUT2D eigenvalue weighted by Crippen LogP contribution is 2.18. The van der Waals surface area contributed by atoms with Crippen LogP contribution in [0.5, 0.6) is 6.01 Å². The summed E-state index contributed by atoms with van der Waals surface area (Å²) in [6.07, 6.45) is 5.60. The minimum Gasteiger partial charge on any atom is -0.462 e. The molecule has 0 aliphatic carbocycles. The molecule has 172 valence electrons. The van der Waals surface area contributed by atoms with Gasteiger partial charge in [-0.05, 0) is 63.0 Å². The standard InChI is InChI=1S/C24H34N6O2/c1-19-6-7-21(16-20(19)2)28-25-18-22-17-23(30-11-13-31-14-12-30)27-24(26-22)32-15-10-29-8-4-3-5-9-29/h6-7,16-18,28H,3-5,8-15H2,1-2H3. The van der Waals surface area contributed by atoms with Gasteiger partial charge >= 0.3 is 6.01 Å². The lowest BCUT2D eigenvalue weighted by Crippen LogP contribution is -2.37. The first kappa shape index (κ1) is 22.5. The molecule has 2 saturated heterocycles. The molecule has 0 bridgehead atoms. The molecule has 0 amide bonds. The summed E-state index contributed by atoms with van der Waals surface area (Å²) in [5.74, 6) is 0.851. The lowest BCUT2D eigenvalue weighted by atomic mass is 10.1. The Labute approximate surface area is 190 Å². The molecular weight excluding hydrogens is 404 g/mol. The fourth-order valence-electron chi connectivity index (χ4n) is 3.95. The number of nitrogens with zero attached hydrogens (tertiary/aromatic N) is 5. The molecule has 1 aromatic heterocycles. The Morgan fingerprint density at radius 1 is 1.03 bits per heavy atom. The van der Waals surface area contributed by atoms with Gasteiger partial charge in [0, 0.05) is 25.7 Å². The van der Waals surface area contributed by atoms with Crippen LogP contribution in [0.1, 0.15) is 36.1 Å². The van der Waals surface area contributed by atoms with E-state index in [1.807, 2.05) is 12.1 Å². The van der Waals surface area contributed by atoms with Crippen LogP contribution in [0.15, 0.2) is 29.4 Å². The number of hydrazone groups is 1. The highest BCUT2D eigenvalue weighted by atomic mass is 16.5. The molecule has 4 rings (SSSR count). The predicted molar refractivity (Wildman–Crippen MR) is 128 cm³/mol. The van der Waals surface area contributed by atoms with Gasteiger partial charge in [0.2, 0.25) is 0 Å². The van der Waals surface area contributed by atoms with E-state index < -0.39 is 0 Å². The Kier molecular flexibility index (Phi) is 7.90. The van der Waals surface area contributed by atoms with E-state index in [0.717, 1.165) is 44.2 Å². The topological polar surface area (TPSA) is 75.1 Å². The maximum absolute atomic E-state index is 5.97. The zero-order valence-corrected chi connectivity index (χ0v) is 19.2. The van der Waals surface area contributed by atoms with Crippen molar-refractivity contribution in [3.8, 4) is 6.01 Å². The van der Waals surface area contributed by atoms with Crippen LogP contribution in [0.3, 0.4) is 0 Å². The number of piperidine rings is 1. The number of ether oxygens (including phenoxy) is 2. The molecule has 2 aromatic rings. The zero-order chi connectivity index (χ0) is 22.2. The van der Waals surface area contributed by atoms with Crippen molar-refractivity contribution < 1.29 is 9.47 Å². The van der Waals surface area contributed by atoms with Crippen molar-refractivity contribution in [3.63, 3.8) is 0 Å². The van der Waals surface area contributed by atoms with Crippen molar-refractivity contribution in [2.45, 2.75) is 33.1 Å². The maximum Gasteiger partial charge on any atom is 0.319 e. The third kappa shape index (κ3) is 6.40. The molecule has 0 atom stereocenters. The third-order valence-electron chi connectivity index (χ3n) is 6.03. The number of morpholine rings is 1. The Bertz CT molecular complexity index is 907. The molecule has 0 radical (unpaired) electrons. The lowest BCUT2D eigenvalue weighted by molar-refractivity contribution is 0.122. The van der Waals surface area contributed by atoms with Gasteiger partial charge in [0.05, 0.1) is 30.8 Å². The number of likely N-dealkylation sites (tertiary alicyclic amines) is 1. The van der Waals surface area contributed by atoms with E-state index in [1.165, 1.54) is 30.4 Å². The van der Waals surface area contributed by atoms with Gasteiger partial charge in [-0.25, -0.2) is 0 Å². The average Bonchev–Trinajstić information content (AvgIpc) is 2.83. The summed E-state index contributed by atoms with van der Waals surface area (Å²) in [6, 6.07) is 8.55. The first-order valence-corrected chi connectivity index (χ1v) is 11.6. The second-order valence-electron chi connectivity index (χ2n) is 8.45. The summed E-state index contributed by atoms with van der Waals surface area (Å²) in [4.78, 5) is 13.9. The number of nitrogens with one attached hydrogen (secondary N) is 1. The summed E-state index contributed by atoms with van der Waals surface area (Å²) in [5, 5.41) is 4.39. The third-order valence-corrected chi connectivity index (χ3v) is 6.03. The molecule has 8 nitrogen and oxygen atoms in total. The van der Waals surface area contributed by atoms with Gasteiger partial charge in [-0.3, -0.25) is 10.3 Å². The van der Waals surface area contributed by atoms with E-state index >= 15 is 0 Å². The normalized spacial score (nSPS) is 17.6. The van der Waals surface area contributed by atoms with Crippen molar-refractivity contribution in [2.24, 2.45) is 5.10 Å². The second-order valence-corrected chi connectivity index (χ2v) is 8.45. The summed E-state index contributed by atoms with van der Waals surface area (Å²) in [7, 11) is 0. The Morgan fingerprint density at radius 3 is 2.62 bits per heavy atom. The highest BCUT2D eigenvalue weighted by Gasteiger charge is 2.16. The maximum atomic E-state index is 5.97. The van der Waals surface area contributed by atoms with Crippen molar-refractivity contribution in [2.75, 3.05) is 62.9 Å². The van der Waals surface area contributed by atoms with Crippen LogP contribution >= 0.6 is 0 Å². The number of aromatic nitrogens is 2. The lowest BCUT2D eigenvalue weighted by Gasteiger charge is -2.28.